The third-order valence-electron chi connectivity index (χ3n) is 4.60. The molecule has 3 rings (SSSR count). The second-order valence-electron chi connectivity index (χ2n) is 5.58. The van der Waals surface area contributed by atoms with Crippen molar-refractivity contribution in [2.75, 3.05) is 26.4 Å². The summed E-state index contributed by atoms with van der Waals surface area (Å²) < 4.78 is 11.4. The van der Waals surface area contributed by atoms with Gasteiger partial charge in [0.2, 0.25) is 5.91 Å². The van der Waals surface area contributed by atoms with Crippen LogP contribution in [0.3, 0.4) is 0 Å². The minimum Gasteiger partial charge on any atom is -0.381 e. The zero-order valence-corrected chi connectivity index (χ0v) is 10.2. The summed E-state index contributed by atoms with van der Waals surface area (Å²) in [6.07, 6.45) is 5.10. The SMILES string of the molecule is O=C1NCCC1C1CCOC2(CCOCC2)C1. The first-order chi connectivity index (χ1) is 8.29. The molecule has 3 saturated heterocycles. The lowest BCUT2D eigenvalue weighted by molar-refractivity contribution is -0.155. The summed E-state index contributed by atoms with van der Waals surface area (Å²) in [6.45, 7) is 3.29. The maximum atomic E-state index is 11.8. The first-order valence-electron chi connectivity index (χ1n) is 6.79. The molecule has 0 aromatic heterocycles. The highest BCUT2D eigenvalue weighted by Gasteiger charge is 2.43. The van der Waals surface area contributed by atoms with E-state index in [-0.39, 0.29) is 17.4 Å². The predicted molar refractivity (Wildman–Crippen MR) is 62.6 cm³/mol. The summed E-state index contributed by atoms with van der Waals surface area (Å²) in [5.41, 5.74) is 0.0179. The monoisotopic (exact) mass is 239 g/mol. The van der Waals surface area contributed by atoms with E-state index in [1.807, 2.05) is 0 Å². The molecule has 4 nitrogen and oxygen atoms in total. The fraction of sp³-hybridized carbons (Fsp3) is 0.923. The van der Waals surface area contributed by atoms with Crippen LogP contribution in [0, 0.1) is 11.8 Å². The highest BCUT2D eigenvalue weighted by molar-refractivity contribution is 5.80. The van der Waals surface area contributed by atoms with Crippen molar-refractivity contribution in [3.05, 3.63) is 0 Å². The van der Waals surface area contributed by atoms with E-state index >= 15 is 0 Å². The first kappa shape index (κ1) is 11.5. The molecule has 0 aromatic carbocycles. The van der Waals surface area contributed by atoms with Gasteiger partial charge in [0.05, 0.1) is 5.60 Å². The Morgan fingerprint density at radius 2 is 2.00 bits per heavy atom. The van der Waals surface area contributed by atoms with Crippen LogP contribution in [-0.2, 0) is 14.3 Å². The third-order valence-corrected chi connectivity index (χ3v) is 4.60. The molecule has 2 unspecified atom stereocenters. The minimum absolute atomic E-state index is 0.0179. The molecule has 3 heterocycles. The van der Waals surface area contributed by atoms with Gasteiger partial charge in [-0.05, 0) is 38.0 Å². The first-order valence-corrected chi connectivity index (χ1v) is 6.79. The highest BCUT2D eigenvalue weighted by atomic mass is 16.5. The molecule has 1 spiro atoms. The van der Waals surface area contributed by atoms with Crippen LogP contribution in [0.2, 0.25) is 0 Å². The molecule has 4 heteroatoms. The van der Waals surface area contributed by atoms with E-state index < -0.39 is 0 Å². The van der Waals surface area contributed by atoms with Gasteiger partial charge >= 0.3 is 0 Å². The molecule has 3 aliphatic heterocycles. The van der Waals surface area contributed by atoms with Crippen LogP contribution in [-0.4, -0.2) is 37.9 Å². The molecule has 3 fully saturated rings. The van der Waals surface area contributed by atoms with Gasteiger partial charge in [0.15, 0.2) is 0 Å². The molecule has 1 amide bonds. The van der Waals surface area contributed by atoms with Crippen molar-refractivity contribution in [2.24, 2.45) is 11.8 Å². The Bertz CT molecular complexity index is 294. The number of amides is 1. The molecule has 0 radical (unpaired) electrons. The van der Waals surface area contributed by atoms with E-state index in [1.165, 1.54) is 0 Å². The van der Waals surface area contributed by atoms with Crippen LogP contribution in [0.5, 0.6) is 0 Å². The lowest BCUT2D eigenvalue weighted by atomic mass is 9.75. The van der Waals surface area contributed by atoms with Crippen LogP contribution < -0.4 is 5.32 Å². The molecule has 96 valence electrons. The second-order valence-corrected chi connectivity index (χ2v) is 5.58. The summed E-state index contributed by atoms with van der Waals surface area (Å²) in [6, 6.07) is 0. The lowest BCUT2D eigenvalue weighted by Gasteiger charge is -2.44. The molecule has 17 heavy (non-hydrogen) atoms. The van der Waals surface area contributed by atoms with Gasteiger partial charge in [-0.3, -0.25) is 4.79 Å². The summed E-state index contributed by atoms with van der Waals surface area (Å²) in [5.74, 6) is 1.02. The van der Waals surface area contributed by atoms with Crippen molar-refractivity contribution in [1.82, 2.24) is 5.32 Å². The number of carbonyl (C=O) groups excluding carboxylic acids is 1. The minimum atomic E-state index is 0.0179. The van der Waals surface area contributed by atoms with Gasteiger partial charge in [0.25, 0.3) is 0 Å². The van der Waals surface area contributed by atoms with Crippen molar-refractivity contribution in [2.45, 2.75) is 37.7 Å². The van der Waals surface area contributed by atoms with Crippen LogP contribution in [0.25, 0.3) is 0 Å². The van der Waals surface area contributed by atoms with Gasteiger partial charge in [-0.2, -0.15) is 0 Å². The van der Waals surface area contributed by atoms with Gasteiger partial charge in [0.1, 0.15) is 0 Å². The van der Waals surface area contributed by atoms with Crippen LogP contribution >= 0.6 is 0 Å². The van der Waals surface area contributed by atoms with Gasteiger partial charge in [-0.25, -0.2) is 0 Å². The van der Waals surface area contributed by atoms with Crippen molar-refractivity contribution >= 4 is 5.91 Å². The van der Waals surface area contributed by atoms with Crippen molar-refractivity contribution in [3.63, 3.8) is 0 Å². The molecule has 0 bridgehead atoms. The molecular formula is C13H21NO3. The van der Waals surface area contributed by atoms with E-state index in [0.717, 1.165) is 58.5 Å². The van der Waals surface area contributed by atoms with Crippen LogP contribution in [0.1, 0.15) is 32.1 Å². The van der Waals surface area contributed by atoms with Gasteiger partial charge < -0.3 is 14.8 Å². The number of carbonyl (C=O) groups is 1. The van der Waals surface area contributed by atoms with Crippen LogP contribution in [0.4, 0.5) is 0 Å². The van der Waals surface area contributed by atoms with E-state index in [4.69, 9.17) is 9.47 Å². The third kappa shape index (κ3) is 2.20. The van der Waals surface area contributed by atoms with E-state index in [1.54, 1.807) is 0 Å². The summed E-state index contributed by atoms with van der Waals surface area (Å²) >= 11 is 0. The molecule has 2 atom stereocenters. The Hall–Kier alpha value is -0.610. The van der Waals surface area contributed by atoms with Crippen molar-refractivity contribution < 1.29 is 14.3 Å². The van der Waals surface area contributed by atoms with Gasteiger partial charge in [-0.1, -0.05) is 0 Å². The van der Waals surface area contributed by atoms with Crippen molar-refractivity contribution in [3.8, 4) is 0 Å². The van der Waals surface area contributed by atoms with E-state index in [2.05, 4.69) is 5.32 Å². The van der Waals surface area contributed by atoms with Crippen LogP contribution in [0.15, 0.2) is 0 Å². The summed E-state index contributed by atoms with van der Waals surface area (Å²) in [5, 5.41) is 2.95. The molecule has 3 aliphatic rings. The maximum absolute atomic E-state index is 11.8. The Labute approximate surface area is 102 Å². The largest absolute Gasteiger partial charge is 0.381 e. The van der Waals surface area contributed by atoms with E-state index in [0.29, 0.717) is 5.92 Å². The summed E-state index contributed by atoms with van der Waals surface area (Å²) in [4.78, 5) is 11.8. The quantitative estimate of drug-likeness (QED) is 0.745. The van der Waals surface area contributed by atoms with Crippen molar-refractivity contribution in [1.29, 1.82) is 0 Å². The lowest BCUT2D eigenvalue weighted by Crippen LogP contribution is -2.46. The normalized spacial score (nSPS) is 37.1. The smallest absolute Gasteiger partial charge is 0.223 e. The highest BCUT2D eigenvalue weighted by Crippen LogP contribution is 2.41. The Kier molecular flexibility index (Phi) is 3.09. The standard InChI is InChI=1S/C13H21NO3/c15-12-11(1-5-14-12)10-2-6-17-13(9-10)3-7-16-8-4-13/h10-11H,1-9H2,(H,14,15). The number of nitrogens with one attached hydrogen (secondary N) is 1. The number of rotatable bonds is 1. The Morgan fingerprint density at radius 3 is 2.71 bits per heavy atom. The molecular weight excluding hydrogens is 218 g/mol. The predicted octanol–water partition coefficient (Wildman–Crippen LogP) is 1.10. The summed E-state index contributed by atoms with van der Waals surface area (Å²) in [7, 11) is 0. The Balaban J connectivity index is 1.68. The Morgan fingerprint density at radius 1 is 1.18 bits per heavy atom. The average molecular weight is 239 g/mol. The zero-order chi connectivity index (χ0) is 11.7. The number of ether oxygens (including phenoxy) is 2. The van der Waals surface area contributed by atoms with Gasteiger partial charge in [0, 0.05) is 32.3 Å². The fourth-order valence-electron chi connectivity index (χ4n) is 3.56. The molecule has 0 aliphatic carbocycles. The average Bonchev–Trinajstić information content (AvgIpc) is 2.77. The topological polar surface area (TPSA) is 47.6 Å². The zero-order valence-electron chi connectivity index (χ0n) is 10.2. The fourth-order valence-corrected chi connectivity index (χ4v) is 3.56. The second kappa shape index (κ2) is 4.58. The number of hydrogen-bond donors (Lipinski definition) is 1. The van der Waals surface area contributed by atoms with Gasteiger partial charge in [-0.15, -0.1) is 0 Å². The molecule has 1 N–H and O–H groups in total. The number of hydrogen-bond acceptors (Lipinski definition) is 3. The molecule has 0 aromatic rings. The maximum Gasteiger partial charge on any atom is 0.223 e. The van der Waals surface area contributed by atoms with E-state index in [9.17, 15) is 4.79 Å². The molecule has 0 saturated carbocycles.